The monoisotopic (exact) mass is 430 g/mol. The lowest BCUT2D eigenvalue weighted by Gasteiger charge is -2.34. The molecule has 1 fully saturated rings. The molecule has 5 rings (SSSR count). The minimum absolute atomic E-state index is 0.0201. The summed E-state index contributed by atoms with van der Waals surface area (Å²) in [5, 5.41) is 4.33. The second-order valence-corrected chi connectivity index (χ2v) is 7.81. The van der Waals surface area contributed by atoms with Crippen LogP contribution < -0.4 is 11.3 Å². The Morgan fingerprint density at radius 2 is 2.00 bits per heavy atom. The summed E-state index contributed by atoms with van der Waals surface area (Å²) in [5.41, 5.74) is 1.25. The van der Waals surface area contributed by atoms with Gasteiger partial charge >= 0.3 is 5.76 Å². The van der Waals surface area contributed by atoms with Crippen LogP contribution in [0.15, 0.2) is 44.9 Å². The molecule has 1 saturated carbocycles. The molecule has 1 aromatic carbocycles. The number of imidazole rings is 1. The molecular formula is C19H16ClFN6O3. The molecule has 0 radical (unpaired) electrons. The normalized spacial score (nSPS) is 18.6. The lowest BCUT2D eigenvalue weighted by Crippen LogP contribution is -2.32. The van der Waals surface area contributed by atoms with Crippen LogP contribution in [-0.2, 0) is 13.6 Å². The average molecular weight is 431 g/mol. The number of rotatable bonds is 4. The first kappa shape index (κ1) is 18.7. The molecule has 11 heteroatoms. The Bertz CT molecular complexity index is 1380. The molecule has 0 atom stereocenters. The molecule has 0 amide bonds. The van der Waals surface area contributed by atoms with Gasteiger partial charge in [-0.2, -0.15) is 4.68 Å². The second kappa shape index (κ2) is 6.91. The van der Waals surface area contributed by atoms with Crippen molar-refractivity contribution in [1.29, 1.82) is 0 Å². The van der Waals surface area contributed by atoms with E-state index >= 15 is 0 Å². The third-order valence-corrected chi connectivity index (χ3v) is 5.80. The molecule has 0 aliphatic heterocycles. The van der Waals surface area contributed by atoms with E-state index in [1.54, 1.807) is 17.7 Å². The summed E-state index contributed by atoms with van der Waals surface area (Å²) >= 11 is 5.73. The maximum Gasteiger partial charge on any atom is 0.437 e. The fraction of sp³-hybridized carbons (Fsp3) is 0.316. The van der Waals surface area contributed by atoms with E-state index in [0.717, 1.165) is 5.56 Å². The first-order valence-corrected chi connectivity index (χ1v) is 9.68. The minimum Gasteiger partial charge on any atom is -0.390 e. The van der Waals surface area contributed by atoms with Gasteiger partial charge in [0.1, 0.15) is 18.7 Å². The summed E-state index contributed by atoms with van der Waals surface area (Å²) in [6, 6.07) is 4.60. The molecule has 0 unspecified atom stereocenters. The smallest absolute Gasteiger partial charge is 0.390 e. The van der Waals surface area contributed by atoms with Crippen LogP contribution in [0.5, 0.6) is 0 Å². The number of aromatic nitrogens is 6. The van der Waals surface area contributed by atoms with Gasteiger partial charge in [0.2, 0.25) is 5.89 Å². The number of hydrogen-bond acceptors (Lipinski definition) is 6. The zero-order chi connectivity index (χ0) is 21.0. The SMILES string of the molecule is Cn1cnc2ncn(Cc3nn([C@H]4C[C@H](c5ccc(Cl)c(F)c5)C4)c(=O)o3)c(=O)c21. The van der Waals surface area contributed by atoms with Crippen molar-refractivity contribution >= 4 is 22.8 Å². The van der Waals surface area contributed by atoms with Gasteiger partial charge in [-0.1, -0.05) is 17.7 Å². The maximum atomic E-state index is 13.7. The van der Waals surface area contributed by atoms with Crippen molar-refractivity contribution in [3.05, 3.63) is 74.1 Å². The van der Waals surface area contributed by atoms with Gasteiger partial charge in [0.05, 0.1) is 17.4 Å². The Kier molecular flexibility index (Phi) is 4.31. The number of fused-ring (bicyclic) bond motifs is 1. The molecule has 0 spiro atoms. The Hall–Kier alpha value is -3.27. The van der Waals surface area contributed by atoms with E-state index in [2.05, 4.69) is 15.1 Å². The van der Waals surface area contributed by atoms with Gasteiger partial charge in [-0.3, -0.25) is 9.36 Å². The van der Waals surface area contributed by atoms with Crippen molar-refractivity contribution in [1.82, 2.24) is 28.9 Å². The predicted octanol–water partition coefficient (Wildman–Crippen LogP) is 2.24. The zero-order valence-corrected chi connectivity index (χ0v) is 16.6. The van der Waals surface area contributed by atoms with Gasteiger partial charge < -0.3 is 8.98 Å². The van der Waals surface area contributed by atoms with Crippen molar-refractivity contribution in [2.45, 2.75) is 31.3 Å². The highest BCUT2D eigenvalue weighted by atomic mass is 35.5. The van der Waals surface area contributed by atoms with Gasteiger partial charge in [0.15, 0.2) is 11.2 Å². The van der Waals surface area contributed by atoms with E-state index in [4.69, 9.17) is 16.0 Å². The topological polar surface area (TPSA) is 101 Å². The zero-order valence-electron chi connectivity index (χ0n) is 15.8. The molecule has 1 aliphatic carbocycles. The summed E-state index contributed by atoms with van der Waals surface area (Å²) in [6.07, 6.45) is 4.13. The minimum atomic E-state index is -0.585. The molecule has 3 aromatic heterocycles. The van der Waals surface area contributed by atoms with E-state index < -0.39 is 11.6 Å². The van der Waals surface area contributed by atoms with E-state index in [9.17, 15) is 14.0 Å². The molecule has 30 heavy (non-hydrogen) atoms. The van der Waals surface area contributed by atoms with Gasteiger partial charge in [-0.25, -0.2) is 19.2 Å². The Labute approximate surface area is 173 Å². The number of aryl methyl sites for hydroxylation is 1. The van der Waals surface area contributed by atoms with Crippen molar-refractivity contribution in [2.75, 3.05) is 0 Å². The Morgan fingerprint density at radius 3 is 2.77 bits per heavy atom. The highest BCUT2D eigenvalue weighted by Gasteiger charge is 2.34. The van der Waals surface area contributed by atoms with E-state index in [1.807, 2.05) is 0 Å². The van der Waals surface area contributed by atoms with E-state index in [0.29, 0.717) is 24.0 Å². The highest BCUT2D eigenvalue weighted by molar-refractivity contribution is 6.30. The van der Waals surface area contributed by atoms with Crippen LogP contribution in [0.1, 0.15) is 36.3 Å². The van der Waals surface area contributed by atoms with Crippen molar-refractivity contribution in [3.63, 3.8) is 0 Å². The molecule has 4 aromatic rings. The average Bonchev–Trinajstić information content (AvgIpc) is 3.22. The molecular weight excluding hydrogens is 415 g/mol. The van der Waals surface area contributed by atoms with Gasteiger partial charge in [0, 0.05) is 7.05 Å². The van der Waals surface area contributed by atoms with Crippen LogP contribution >= 0.6 is 11.6 Å². The van der Waals surface area contributed by atoms with E-state index in [-0.39, 0.29) is 35.0 Å². The van der Waals surface area contributed by atoms with Crippen LogP contribution in [0.3, 0.4) is 0 Å². The highest BCUT2D eigenvalue weighted by Crippen LogP contribution is 2.44. The van der Waals surface area contributed by atoms with Gasteiger partial charge in [-0.05, 0) is 36.5 Å². The standard InChI is InChI=1S/C19H16ClFN6O3/c1-25-8-22-17-16(25)18(28)26(9-23-17)7-15-24-27(19(29)30-15)12-4-11(5-12)10-2-3-13(20)14(21)6-10/h2-3,6,8-9,11-12H,4-5,7H2,1H3/t11-,12-. The van der Waals surface area contributed by atoms with Crippen LogP contribution in [0.4, 0.5) is 4.39 Å². The molecule has 0 N–H and O–H groups in total. The number of nitrogens with zero attached hydrogens (tertiary/aromatic N) is 6. The first-order chi connectivity index (χ1) is 14.4. The second-order valence-electron chi connectivity index (χ2n) is 7.41. The predicted molar refractivity (Wildman–Crippen MR) is 105 cm³/mol. The van der Waals surface area contributed by atoms with Crippen molar-refractivity contribution < 1.29 is 8.81 Å². The lowest BCUT2D eigenvalue weighted by molar-refractivity contribution is 0.232. The summed E-state index contributed by atoms with van der Waals surface area (Å²) in [4.78, 5) is 33.1. The lowest BCUT2D eigenvalue weighted by atomic mass is 9.76. The fourth-order valence-electron chi connectivity index (χ4n) is 3.78. The molecule has 3 heterocycles. The number of hydrogen-bond donors (Lipinski definition) is 0. The van der Waals surface area contributed by atoms with Gasteiger partial charge in [-0.15, -0.1) is 5.10 Å². The third kappa shape index (κ3) is 3.04. The summed E-state index contributed by atoms with van der Waals surface area (Å²) in [5.74, 6) is -0.805. The van der Waals surface area contributed by atoms with Crippen LogP contribution in [0.25, 0.3) is 11.2 Å². The van der Waals surface area contributed by atoms with Crippen molar-refractivity contribution in [2.24, 2.45) is 7.05 Å². The summed E-state index contributed by atoms with van der Waals surface area (Å²) < 4.78 is 23.1. The van der Waals surface area contributed by atoms with E-state index in [1.165, 1.54) is 34.0 Å². The third-order valence-electron chi connectivity index (χ3n) is 5.49. The fourth-order valence-corrected chi connectivity index (χ4v) is 3.90. The molecule has 1 aliphatic rings. The molecule has 9 nitrogen and oxygen atoms in total. The first-order valence-electron chi connectivity index (χ1n) is 9.30. The number of benzene rings is 1. The largest absolute Gasteiger partial charge is 0.437 e. The summed E-state index contributed by atoms with van der Waals surface area (Å²) in [7, 11) is 1.71. The summed E-state index contributed by atoms with van der Waals surface area (Å²) in [6.45, 7) is -0.0201. The van der Waals surface area contributed by atoms with Crippen LogP contribution in [0.2, 0.25) is 5.02 Å². The Balaban J connectivity index is 1.34. The molecule has 0 bridgehead atoms. The van der Waals surface area contributed by atoms with Crippen LogP contribution in [0, 0.1) is 5.82 Å². The van der Waals surface area contributed by atoms with Gasteiger partial charge in [0.25, 0.3) is 5.56 Å². The Morgan fingerprint density at radius 1 is 1.23 bits per heavy atom. The van der Waals surface area contributed by atoms with Crippen LogP contribution in [-0.4, -0.2) is 28.9 Å². The number of halogens is 2. The molecule has 0 saturated heterocycles. The maximum absolute atomic E-state index is 13.7. The van der Waals surface area contributed by atoms with Crippen molar-refractivity contribution in [3.8, 4) is 0 Å². The quantitative estimate of drug-likeness (QED) is 0.492. The molecule has 154 valence electrons.